The summed E-state index contributed by atoms with van der Waals surface area (Å²) in [5, 5.41) is 6.12. The Balaban J connectivity index is 2.41. The van der Waals surface area contributed by atoms with Gasteiger partial charge >= 0.3 is 0 Å². The maximum atomic E-state index is 6.19. The Labute approximate surface area is 123 Å². The van der Waals surface area contributed by atoms with Gasteiger partial charge in [0, 0.05) is 22.8 Å². The van der Waals surface area contributed by atoms with E-state index in [-0.39, 0.29) is 0 Å². The van der Waals surface area contributed by atoms with E-state index < -0.39 is 0 Å². The van der Waals surface area contributed by atoms with Crippen LogP contribution in [0.25, 0.3) is 38.6 Å². The zero-order valence-electron chi connectivity index (χ0n) is 12.0. The van der Waals surface area contributed by atoms with Gasteiger partial charge in [0.15, 0.2) is 0 Å². The van der Waals surface area contributed by atoms with Crippen LogP contribution in [-0.4, -0.2) is 0 Å². The Morgan fingerprint density at radius 3 is 2.10 bits per heavy atom. The number of hydrogen-bond donors (Lipinski definition) is 0. The molecule has 0 spiro atoms. The zero-order chi connectivity index (χ0) is 14.4. The van der Waals surface area contributed by atoms with Gasteiger partial charge in [-0.1, -0.05) is 68.1 Å². The summed E-state index contributed by atoms with van der Waals surface area (Å²) in [5.74, 6) is 1.02. The molecule has 0 saturated heterocycles. The van der Waals surface area contributed by atoms with Crippen molar-refractivity contribution in [2.75, 3.05) is 0 Å². The van der Waals surface area contributed by atoms with Crippen molar-refractivity contribution in [2.45, 2.75) is 13.3 Å². The molecule has 0 atom stereocenters. The number of rotatable bonds is 2. The fourth-order valence-electron chi connectivity index (χ4n) is 3.28. The van der Waals surface area contributed by atoms with Crippen molar-refractivity contribution in [2.24, 2.45) is 0 Å². The third-order valence-electron chi connectivity index (χ3n) is 4.21. The normalized spacial score (nSPS) is 11.5. The van der Waals surface area contributed by atoms with Gasteiger partial charge in [-0.3, -0.25) is 0 Å². The highest BCUT2D eigenvalue weighted by atomic mass is 16.3. The van der Waals surface area contributed by atoms with Gasteiger partial charge in [0.05, 0.1) is 0 Å². The Kier molecular flexibility index (Phi) is 2.61. The molecule has 0 amide bonds. The van der Waals surface area contributed by atoms with Crippen molar-refractivity contribution < 1.29 is 4.42 Å². The monoisotopic (exact) mass is 272 g/mol. The smallest absolute Gasteiger partial charge is 0.143 e. The topological polar surface area (TPSA) is 13.1 Å². The van der Waals surface area contributed by atoms with Crippen LogP contribution in [0.2, 0.25) is 0 Å². The average molecular weight is 272 g/mol. The van der Waals surface area contributed by atoms with Crippen LogP contribution in [0.1, 0.15) is 18.2 Å². The van der Waals surface area contributed by atoms with E-state index in [0.717, 1.165) is 23.3 Å². The quantitative estimate of drug-likeness (QED) is 0.411. The van der Waals surface area contributed by atoms with Gasteiger partial charge in [0.2, 0.25) is 0 Å². The van der Waals surface area contributed by atoms with Crippen LogP contribution in [-0.2, 0) is 6.42 Å². The second-order valence-electron chi connectivity index (χ2n) is 5.29. The lowest BCUT2D eigenvalue weighted by molar-refractivity contribution is 0.558. The highest BCUT2D eigenvalue weighted by molar-refractivity contribution is 6.25. The molecule has 4 aromatic rings. The molecule has 0 unspecified atom stereocenters. The zero-order valence-corrected chi connectivity index (χ0v) is 12.0. The first-order valence-corrected chi connectivity index (χ1v) is 7.32. The molecule has 0 aliphatic carbocycles. The molecule has 0 fully saturated rings. The van der Waals surface area contributed by atoms with Crippen molar-refractivity contribution >= 4 is 38.6 Å². The second kappa shape index (κ2) is 4.49. The molecular weight excluding hydrogens is 256 g/mol. The molecule has 1 nitrogen and oxygen atoms in total. The molecule has 1 heteroatoms. The highest BCUT2D eigenvalue weighted by Crippen LogP contribution is 2.39. The van der Waals surface area contributed by atoms with Crippen LogP contribution < -0.4 is 0 Å². The van der Waals surface area contributed by atoms with Crippen LogP contribution in [0, 0.1) is 0 Å². The lowest BCUT2D eigenvalue weighted by Crippen LogP contribution is -1.81. The van der Waals surface area contributed by atoms with E-state index >= 15 is 0 Å². The highest BCUT2D eigenvalue weighted by Gasteiger charge is 2.16. The molecule has 102 valence electrons. The predicted molar refractivity (Wildman–Crippen MR) is 90.7 cm³/mol. The molecule has 0 aliphatic rings. The van der Waals surface area contributed by atoms with Crippen molar-refractivity contribution in [3.05, 3.63) is 66.4 Å². The molecule has 0 aliphatic heterocycles. The third kappa shape index (κ3) is 1.58. The number of aryl methyl sites for hydroxylation is 1. The molecule has 4 rings (SSSR count). The van der Waals surface area contributed by atoms with E-state index in [2.05, 4.69) is 62.0 Å². The number of benzene rings is 3. The van der Waals surface area contributed by atoms with Gasteiger partial charge in [0.25, 0.3) is 0 Å². The molecule has 0 radical (unpaired) electrons. The van der Waals surface area contributed by atoms with E-state index in [9.17, 15) is 0 Å². The van der Waals surface area contributed by atoms with Gasteiger partial charge in [0.1, 0.15) is 11.3 Å². The van der Waals surface area contributed by atoms with Gasteiger partial charge in [-0.05, 0) is 16.2 Å². The summed E-state index contributed by atoms with van der Waals surface area (Å²) in [4.78, 5) is 0. The van der Waals surface area contributed by atoms with E-state index in [0.29, 0.717) is 0 Å². The van der Waals surface area contributed by atoms with Gasteiger partial charge in [-0.15, -0.1) is 0 Å². The van der Waals surface area contributed by atoms with Crippen molar-refractivity contribution in [1.29, 1.82) is 0 Å². The summed E-state index contributed by atoms with van der Waals surface area (Å²) in [6.45, 7) is 6.11. The van der Waals surface area contributed by atoms with Crippen LogP contribution >= 0.6 is 0 Å². The molecule has 3 aromatic carbocycles. The minimum Gasteiger partial charge on any atom is -0.460 e. The number of fused-ring (bicyclic) bond motifs is 6. The molecule has 1 heterocycles. The molecule has 1 aromatic heterocycles. The van der Waals surface area contributed by atoms with Gasteiger partial charge in [-0.2, -0.15) is 0 Å². The summed E-state index contributed by atoms with van der Waals surface area (Å²) >= 11 is 0. The van der Waals surface area contributed by atoms with E-state index in [1.54, 1.807) is 0 Å². The van der Waals surface area contributed by atoms with E-state index in [1.807, 2.05) is 6.08 Å². The van der Waals surface area contributed by atoms with Crippen molar-refractivity contribution in [3.8, 4) is 0 Å². The van der Waals surface area contributed by atoms with Crippen LogP contribution in [0.15, 0.2) is 59.5 Å². The van der Waals surface area contributed by atoms with Crippen molar-refractivity contribution in [3.63, 3.8) is 0 Å². The minimum absolute atomic E-state index is 0.874. The number of hydrogen-bond acceptors (Lipinski definition) is 1. The number of furan rings is 1. The third-order valence-corrected chi connectivity index (χ3v) is 4.21. The maximum Gasteiger partial charge on any atom is 0.143 e. The fourth-order valence-corrected chi connectivity index (χ4v) is 3.28. The van der Waals surface area contributed by atoms with Crippen LogP contribution in [0.4, 0.5) is 0 Å². The van der Waals surface area contributed by atoms with Crippen molar-refractivity contribution in [1.82, 2.24) is 0 Å². The van der Waals surface area contributed by atoms with E-state index in [4.69, 9.17) is 4.42 Å². The molecule has 21 heavy (non-hydrogen) atoms. The van der Waals surface area contributed by atoms with Crippen LogP contribution in [0.5, 0.6) is 0 Å². The average Bonchev–Trinajstić information content (AvgIpc) is 2.94. The Morgan fingerprint density at radius 2 is 1.48 bits per heavy atom. The molecule has 0 bridgehead atoms. The Bertz CT molecular complexity index is 989. The Morgan fingerprint density at radius 1 is 0.905 bits per heavy atom. The first-order chi connectivity index (χ1) is 10.3. The first kappa shape index (κ1) is 12.2. The summed E-state index contributed by atoms with van der Waals surface area (Å²) in [6, 6.07) is 17.0. The standard InChI is InChI=1S/C20H16O/c1-3-13-18(4-2)21-20-17-12-8-6-10-15(17)14-9-5-7-11-16(14)19(13)20/h3,5-12H,1,4H2,2H3. The second-order valence-corrected chi connectivity index (χ2v) is 5.29. The van der Waals surface area contributed by atoms with Gasteiger partial charge < -0.3 is 4.42 Å². The molecular formula is C20H16O. The lowest BCUT2D eigenvalue weighted by atomic mass is 9.96. The largest absolute Gasteiger partial charge is 0.460 e. The summed E-state index contributed by atoms with van der Waals surface area (Å²) in [7, 11) is 0. The van der Waals surface area contributed by atoms with Gasteiger partial charge in [-0.25, -0.2) is 0 Å². The minimum atomic E-state index is 0.874. The Hall–Kier alpha value is -2.54. The molecule has 0 saturated carbocycles. The summed E-state index contributed by atoms with van der Waals surface area (Å²) in [6.07, 6.45) is 2.80. The maximum absolute atomic E-state index is 6.19. The summed E-state index contributed by atoms with van der Waals surface area (Å²) in [5.41, 5.74) is 2.12. The summed E-state index contributed by atoms with van der Waals surface area (Å²) < 4.78 is 6.19. The van der Waals surface area contributed by atoms with Crippen LogP contribution in [0.3, 0.4) is 0 Å². The fraction of sp³-hybridized carbons (Fsp3) is 0.100. The SMILES string of the molecule is C=Cc1c(CC)oc2c3ccccc3c3ccccc3c12. The molecule has 0 N–H and O–H groups in total. The lowest BCUT2D eigenvalue weighted by Gasteiger charge is -2.06. The van der Waals surface area contributed by atoms with E-state index in [1.165, 1.54) is 26.9 Å². The first-order valence-electron chi connectivity index (χ1n) is 7.32. The predicted octanol–water partition coefficient (Wildman–Crippen LogP) is 5.94.